The van der Waals surface area contributed by atoms with E-state index in [9.17, 15) is 24.4 Å². The average molecular weight is 906 g/mol. The van der Waals surface area contributed by atoms with Crippen molar-refractivity contribution in [2.24, 2.45) is 5.92 Å². The Morgan fingerprint density at radius 1 is 1.00 bits per heavy atom. The first-order valence-corrected chi connectivity index (χ1v) is 21.7. The van der Waals surface area contributed by atoms with Gasteiger partial charge in [0.2, 0.25) is 11.9 Å². The number of carbonyl (C=O) groups is 2. The number of aliphatic hydroxyl groups is 1. The van der Waals surface area contributed by atoms with Crippen molar-refractivity contribution in [3.8, 4) is 6.07 Å². The van der Waals surface area contributed by atoms with Crippen LogP contribution in [0.3, 0.4) is 0 Å². The topological polar surface area (TPSA) is 276 Å². The largest absolute Gasteiger partial charge is 0.394 e. The number of rotatable bonds is 24. The van der Waals surface area contributed by atoms with E-state index in [-0.39, 0.29) is 46.9 Å². The summed E-state index contributed by atoms with van der Waals surface area (Å²) in [6.07, 6.45) is -5.67. The summed E-state index contributed by atoms with van der Waals surface area (Å²) in [5.74, 6) is -1.70. The normalized spacial score (nSPS) is 15.7. The number of hydrogen-bond donors (Lipinski definition) is 5. The molecule has 1 aromatic carbocycles. The van der Waals surface area contributed by atoms with E-state index in [4.69, 9.17) is 40.3 Å². The molecule has 0 aliphatic rings. The number of benzene rings is 1. The number of H-pyrrole nitrogens is 1. The van der Waals surface area contributed by atoms with Crippen molar-refractivity contribution in [3.05, 3.63) is 65.2 Å². The number of nitrogens with zero attached hydrogens (tertiary/aromatic N) is 8. The van der Waals surface area contributed by atoms with Gasteiger partial charge in [0, 0.05) is 38.5 Å². The van der Waals surface area contributed by atoms with Gasteiger partial charge >= 0.3 is 6.72 Å². The van der Waals surface area contributed by atoms with Crippen LogP contribution in [0.1, 0.15) is 62.4 Å². The van der Waals surface area contributed by atoms with E-state index >= 15 is 8.78 Å². The molecule has 0 bridgehead atoms. The molecule has 4 aromatic heterocycles. The zero-order chi connectivity index (χ0) is 45.0. The van der Waals surface area contributed by atoms with Crippen LogP contribution in [0.15, 0.2) is 54.1 Å². The number of carbonyl (C=O) groups excluding carboxylic acids is 2. The molecule has 21 nitrogen and oxygen atoms in total. The summed E-state index contributed by atoms with van der Waals surface area (Å²) in [6, 6.07) is 10.4. The molecule has 7 atom stereocenters. The van der Waals surface area contributed by atoms with Crippen molar-refractivity contribution in [2.75, 3.05) is 44.7 Å². The molecule has 0 aliphatic heterocycles. The quantitative estimate of drug-likeness (QED) is 0.0434. The van der Waals surface area contributed by atoms with Crippen molar-refractivity contribution in [2.45, 2.75) is 76.5 Å². The summed E-state index contributed by atoms with van der Waals surface area (Å²) in [5.41, 5.74) is -0.855. The van der Waals surface area contributed by atoms with Gasteiger partial charge in [-0.25, -0.2) is 28.7 Å². The molecule has 5 rings (SSSR count). The van der Waals surface area contributed by atoms with E-state index in [2.05, 4.69) is 40.5 Å². The highest BCUT2D eigenvalue weighted by molar-refractivity contribution is 8.07. The molecular formula is C37H46F2N11O10PS. The minimum Gasteiger partial charge on any atom is -0.394 e. The molecule has 25 heteroatoms. The first-order valence-electron chi connectivity index (χ1n) is 19.1. The monoisotopic (exact) mass is 905 g/mol. The molecule has 0 aliphatic carbocycles. The number of aliphatic hydroxyl groups excluding tert-OH is 1. The highest BCUT2D eigenvalue weighted by Gasteiger charge is 2.39. The van der Waals surface area contributed by atoms with Gasteiger partial charge in [-0.3, -0.25) is 38.3 Å². The van der Waals surface area contributed by atoms with Gasteiger partial charge in [0.1, 0.15) is 12.4 Å². The second kappa shape index (κ2) is 22.2. The Morgan fingerprint density at radius 2 is 1.73 bits per heavy atom. The number of methoxy groups -OCH3 is 2. The van der Waals surface area contributed by atoms with Crippen LogP contribution in [0.2, 0.25) is 0 Å². The first-order chi connectivity index (χ1) is 29.7. The number of unbranched alkanes of at least 4 members (excludes halogenated alkanes) is 1. The molecule has 0 saturated heterocycles. The molecule has 0 radical (unpaired) electrons. The number of nitriles is 1. The lowest BCUT2D eigenvalue weighted by Gasteiger charge is -2.31. The molecule has 2 amide bonds. The van der Waals surface area contributed by atoms with E-state index in [1.165, 1.54) is 20.5 Å². The van der Waals surface area contributed by atoms with Crippen molar-refractivity contribution < 1.29 is 51.6 Å². The third kappa shape index (κ3) is 12.2. The van der Waals surface area contributed by atoms with E-state index in [0.29, 0.717) is 12.0 Å². The average Bonchev–Trinajstić information content (AvgIpc) is 3.90. The van der Waals surface area contributed by atoms with Crippen molar-refractivity contribution in [1.29, 1.82) is 5.26 Å². The molecule has 334 valence electrons. The summed E-state index contributed by atoms with van der Waals surface area (Å²) >= 11 is 5.32. The molecule has 5 aromatic rings. The fourth-order valence-electron chi connectivity index (χ4n) is 5.86. The van der Waals surface area contributed by atoms with Crippen LogP contribution in [0.25, 0.3) is 22.3 Å². The lowest BCUT2D eigenvalue weighted by Crippen LogP contribution is -2.39. The highest BCUT2D eigenvalue weighted by atomic mass is 32.5. The van der Waals surface area contributed by atoms with Crippen LogP contribution >= 0.6 is 6.72 Å². The number of aromatic nitrogens is 8. The maximum Gasteiger partial charge on any atom is 0.326 e. The number of anilines is 2. The van der Waals surface area contributed by atoms with E-state index in [1.54, 1.807) is 44.2 Å². The van der Waals surface area contributed by atoms with Crippen molar-refractivity contribution >= 4 is 64.4 Å². The first kappa shape index (κ1) is 47.8. The van der Waals surface area contributed by atoms with Crippen LogP contribution in [-0.2, 0) is 39.9 Å². The highest BCUT2D eigenvalue weighted by Crippen LogP contribution is 2.49. The SMILES string of the molecule is CO[C@H](COP(O)(=S)O[C@@H]([C@H](F)[C@@H](COC(CO)CCCC#N)OC)n1cnc2c(=O)[nH]c(NC(=O)C(C)C)nc21)C[C@H](F)n1cnc2c(NC(=O)c3ccccc3)ncnc21. The van der Waals surface area contributed by atoms with E-state index in [1.807, 2.05) is 6.07 Å². The molecular weight excluding hydrogens is 860 g/mol. The standard InChI is InChI=1S/C37H46F2N11O10PS/c1-21(2)33(52)47-37-46-32-29(35(54)48-37)44-20-50(32)36(27(39)25(57-4)17-58-23(15-51)12-8-9-13-40)60-61(55,62)59-16-24(56-3)14-26(38)49-19-43-28-30(41-18-42-31(28)49)45-34(53)22-10-6-5-7-11-22/h5-7,10-11,18-21,23-27,36,51H,8-9,12,14-17H2,1-4H3,(H,55,62)(H,41,42,45,53)(H2,46,47,48,52,54)/t23?,24-,25+,26+,27+,36-,61?/m0/s1. The minimum atomic E-state index is -4.54. The molecule has 62 heavy (non-hydrogen) atoms. The lowest BCUT2D eigenvalue weighted by molar-refractivity contribution is -0.118. The van der Waals surface area contributed by atoms with Crippen LogP contribution < -0.4 is 16.2 Å². The second-order valence-corrected chi connectivity index (χ2v) is 16.7. The Kier molecular flexibility index (Phi) is 17.1. The summed E-state index contributed by atoms with van der Waals surface area (Å²) in [5, 5.41) is 23.8. The maximum absolute atomic E-state index is 16.9. The van der Waals surface area contributed by atoms with Crippen molar-refractivity contribution in [1.82, 2.24) is 39.0 Å². The smallest absolute Gasteiger partial charge is 0.326 e. The Labute approximate surface area is 358 Å². The van der Waals surface area contributed by atoms with E-state index < -0.39 is 93.3 Å². The summed E-state index contributed by atoms with van der Waals surface area (Å²) in [4.78, 5) is 72.8. The zero-order valence-corrected chi connectivity index (χ0v) is 35.7. The molecule has 0 fully saturated rings. The summed E-state index contributed by atoms with van der Waals surface area (Å²) in [6.45, 7) is -2.78. The Hall–Kier alpha value is -5.22. The number of nitrogens with one attached hydrogen (secondary N) is 3. The van der Waals surface area contributed by atoms with Crippen LogP contribution in [0.5, 0.6) is 0 Å². The minimum absolute atomic E-state index is 0.0494. The van der Waals surface area contributed by atoms with Gasteiger partial charge in [0.25, 0.3) is 11.5 Å². The number of halogens is 2. The van der Waals surface area contributed by atoms with Crippen molar-refractivity contribution in [3.63, 3.8) is 0 Å². The van der Waals surface area contributed by atoms with Gasteiger partial charge in [-0.2, -0.15) is 10.2 Å². The Balaban J connectivity index is 1.36. The predicted molar refractivity (Wildman–Crippen MR) is 221 cm³/mol. The van der Waals surface area contributed by atoms with Gasteiger partial charge < -0.3 is 34.1 Å². The molecule has 0 spiro atoms. The second-order valence-electron chi connectivity index (χ2n) is 13.9. The van der Waals surface area contributed by atoms with Crippen LogP contribution in [0.4, 0.5) is 20.5 Å². The van der Waals surface area contributed by atoms with Gasteiger partial charge in [0.15, 0.2) is 46.8 Å². The molecule has 5 N–H and O–H groups in total. The summed E-state index contributed by atoms with van der Waals surface area (Å²) < 4.78 is 62.8. The fourth-order valence-corrected chi connectivity index (χ4v) is 7.21. The predicted octanol–water partition coefficient (Wildman–Crippen LogP) is 3.85. The van der Waals surface area contributed by atoms with Gasteiger partial charge in [-0.1, -0.05) is 32.0 Å². The summed E-state index contributed by atoms with van der Waals surface area (Å²) in [7, 11) is 2.43. The third-order valence-electron chi connectivity index (χ3n) is 9.30. The van der Waals surface area contributed by atoms with Crippen LogP contribution in [-0.4, -0.2) is 119 Å². The van der Waals surface area contributed by atoms with Gasteiger partial charge in [-0.15, -0.1) is 0 Å². The van der Waals surface area contributed by atoms with Gasteiger partial charge in [-0.05, 0) is 36.8 Å². The third-order valence-corrected chi connectivity index (χ3v) is 10.8. The number of aromatic amines is 1. The Bertz CT molecular complexity index is 2440. The molecule has 2 unspecified atom stereocenters. The number of alkyl halides is 2. The maximum atomic E-state index is 16.9. The number of ether oxygens (including phenoxy) is 3. The number of amides is 2. The molecule has 0 saturated carbocycles. The number of imidazole rings is 2. The van der Waals surface area contributed by atoms with E-state index in [0.717, 1.165) is 21.8 Å². The molecule has 4 heterocycles. The number of fused-ring (bicyclic) bond motifs is 2. The van der Waals surface area contributed by atoms with Gasteiger partial charge in [0.05, 0.1) is 50.8 Å². The Morgan fingerprint density at radius 3 is 2.40 bits per heavy atom. The fraction of sp³-hybridized carbons (Fsp3) is 0.486. The van der Waals surface area contributed by atoms with Crippen LogP contribution in [0, 0.1) is 17.2 Å². The lowest BCUT2D eigenvalue weighted by atomic mass is 10.1. The zero-order valence-electron chi connectivity index (χ0n) is 34.0. The number of hydrogen-bond acceptors (Lipinski definition) is 16.